The molecule has 8 nitrogen and oxygen atoms in total. The summed E-state index contributed by atoms with van der Waals surface area (Å²) in [4.78, 5) is 34.1. The van der Waals surface area contributed by atoms with Crippen LogP contribution < -0.4 is 0 Å². The molecule has 9 heteroatoms. The average Bonchev–Trinajstić information content (AvgIpc) is 2.61. The lowest BCUT2D eigenvalue weighted by atomic mass is 9.89. The number of nitrogens with zero attached hydrogens (tertiary/aromatic N) is 1. The van der Waals surface area contributed by atoms with Gasteiger partial charge in [-0.05, 0) is 25.5 Å². The molecule has 1 aromatic rings. The Balaban J connectivity index is 2.38. The normalized spacial score (nSPS) is 22.0. The fourth-order valence-electron chi connectivity index (χ4n) is 2.51. The number of nitro benzene ring substituents is 1. The zero-order valence-corrected chi connectivity index (χ0v) is 14.3. The van der Waals surface area contributed by atoms with Gasteiger partial charge in [0.15, 0.2) is 0 Å². The number of carbonyl (C=O) groups excluding carboxylic acids is 2. The largest absolute Gasteiger partial charge is 0.461 e. The van der Waals surface area contributed by atoms with E-state index in [1.165, 1.54) is 37.3 Å². The van der Waals surface area contributed by atoms with Crippen molar-refractivity contribution >= 4 is 17.6 Å². The first-order valence-electron chi connectivity index (χ1n) is 7.99. The molecule has 0 amide bonds. The maximum absolute atomic E-state index is 15.1. The summed E-state index contributed by atoms with van der Waals surface area (Å²) < 4.78 is 29.6. The van der Waals surface area contributed by atoms with Crippen LogP contribution in [-0.2, 0) is 23.8 Å². The molecule has 0 radical (unpaired) electrons. The van der Waals surface area contributed by atoms with Crippen molar-refractivity contribution in [1.82, 2.24) is 0 Å². The molecule has 0 aromatic heterocycles. The molecule has 0 N–H and O–H groups in total. The first kappa shape index (κ1) is 19.4. The highest BCUT2D eigenvalue weighted by atomic mass is 19.2. The maximum atomic E-state index is 15.1. The molecule has 0 spiro atoms. The second-order valence-corrected chi connectivity index (χ2v) is 5.46. The van der Waals surface area contributed by atoms with Crippen molar-refractivity contribution in [2.75, 3.05) is 13.2 Å². The third kappa shape index (κ3) is 4.16. The minimum atomic E-state index is -2.86. The average molecular weight is 367 g/mol. The van der Waals surface area contributed by atoms with Gasteiger partial charge in [0, 0.05) is 24.5 Å². The van der Waals surface area contributed by atoms with Gasteiger partial charge in [0.05, 0.1) is 18.1 Å². The lowest BCUT2D eigenvalue weighted by Gasteiger charge is -2.32. The lowest BCUT2D eigenvalue weighted by Crippen LogP contribution is -2.43. The number of allylic oxidation sites excluding steroid dienone is 1. The molecule has 2 atom stereocenters. The Morgan fingerprint density at radius 2 is 1.88 bits per heavy atom. The Bertz CT molecular complexity index is 731. The predicted octanol–water partition coefficient (Wildman–Crippen LogP) is 2.77. The Labute approximate surface area is 148 Å². The second kappa shape index (κ2) is 7.94. The fraction of sp³-hybridized carbons (Fsp3) is 0.412. The molecule has 0 saturated heterocycles. The first-order chi connectivity index (χ1) is 12.3. The number of hydrogen-bond acceptors (Lipinski definition) is 7. The Hall–Kier alpha value is -2.97. The van der Waals surface area contributed by atoms with Crippen molar-refractivity contribution in [1.29, 1.82) is 0 Å². The molecule has 26 heavy (non-hydrogen) atoms. The molecule has 1 aromatic carbocycles. The minimum Gasteiger partial charge on any atom is -0.461 e. The SMILES string of the molecule is CCOC(=O)C1=CC(c2ccc([N+](=O)[O-])cc2)CC(F)(C(=O)OCC)O1. The van der Waals surface area contributed by atoms with Crippen LogP contribution in [0.5, 0.6) is 0 Å². The van der Waals surface area contributed by atoms with Crippen molar-refractivity contribution in [3.63, 3.8) is 0 Å². The van der Waals surface area contributed by atoms with Gasteiger partial charge >= 0.3 is 17.8 Å². The third-order valence-corrected chi connectivity index (χ3v) is 3.70. The number of hydrogen-bond donors (Lipinski definition) is 0. The highest BCUT2D eigenvalue weighted by Gasteiger charge is 2.49. The number of rotatable bonds is 6. The van der Waals surface area contributed by atoms with E-state index in [9.17, 15) is 19.7 Å². The molecule has 140 valence electrons. The van der Waals surface area contributed by atoms with E-state index in [4.69, 9.17) is 14.2 Å². The van der Waals surface area contributed by atoms with E-state index in [1.807, 2.05) is 0 Å². The molecule has 0 fully saturated rings. The van der Waals surface area contributed by atoms with E-state index in [-0.39, 0.29) is 18.9 Å². The number of halogens is 1. The van der Waals surface area contributed by atoms with Gasteiger partial charge in [0.25, 0.3) is 5.69 Å². The number of ether oxygens (including phenoxy) is 3. The summed E-state index contributed by atoms with van der Waals surface area (Å²) in [6.45, 7) is 3.07. The van der Waals surface area contributed by atoms with Crippen LogP contribution in [0.15, 0.2) is 36.1 Å². The number of alkyl halides is 1. The number of benzene rings is 1. The fourth-order valence-corrected chi connectivity index (χ4v) is 2.51. The molecule has 2 rings (SSSR count). The van der Waals surface area contributed by atoms with E-state index in [1.54, 1.807) is 6.92 Å². The zero-order valence-electron chi connectivity index (χ0n) is 14.3. The summed E-state index contributed by atoms with van der Waals surface area (Å²) in [6, 6.07) is 5.37. The number of nitro groups is 1. The first-order valence-corrected chi connectivity index (χ1v) is 7.99. The van der Waals surface area contributed by atoms with Gasteiger partial charge in [-0.2, -0.15) is 4.39 Å². The summed E-state index contributed by atoms with van der Waals surface area (Å²) in [6.07, 6.45) is 0.892. The minimum absolute atomic E-state index is 0.0421. The highest BCUT2D eigenvalue weighted by Crippen LogP contribution is 2.39. The van der Waals surface area contributed by atoms with Crippen LogP contribution in [0.4, 0.5) is 10.1 Å². The lowest BCUT2D eigenvalue weighted by molar-refractivity contribution is -0.384. The van der Waals surface area contributed by atoms with Gasteiger partial charge in [-0.1, -0.05) is 12.1 Å². The zero-order chi connectivity index (χ0) is 19.3. The smallest absolute Gasteiger partial charge is 0.384 e. The van der Waals surface area contributed by atoms with Gasteiger partial charge in [-0.15, -0.1) is 0 Å². The highest BCUT2D eigenvalue weighted by molar-refractivity contribution is 5.88. The maximum Gasteiger partial charge on any atom is 0.384 e. The molecule has 0 bridgehead atoms. The molecular weight excluding hydrogens is 349 g/mol. The third-order valence-electron chi connectivity index (χ3n) is 3.70. The predicted molar refractivity (Wildman–Crippen MR) is 86.7 cm³/mol. The monoisotopic (exact) mass is 367 g/mol. The number of esters is 2. The van der Waals surface area contributed by atoms with Crippen LogP contribution in [0.3, 0.4) is 0 Å². The van der Waals surface area contributed by atoms with E-state index < -0.39 is 40.8 Å². The second-order valence-electron chi connectivity index (χ2n) is 5.46. The molecule has 1 aliphatic rings. The van der Waals surface area contributed by atoms with E-state index in [2.05, 4.69) is 0 Å². The molecule has 2 unspecified atom stereocenters. The summed E-state index contributed by atoms with van der Waals surface area (Å²) in [5.41, 5.74) is 0.347. The Morgan fingerprint density at radius 3 is 2.42 bits per heavy atom. The summed E-state index contributed by atoms with van der Waals surface area (Å²) in [5, 5.41) is 10.8. The Kier molecular flexibility index (Phi) is 5.91. The molecular formula is C17H18FNO7. The Morgan fingerprint density at radius 1 is 1.27 bits per heavy atom. The van der Waals surface area contributed by atoms with Gasteiger partial charge < -0.3 is 14.2 Å². The van der Waals surface area contributed by atoms with Crippen molar-refractivity contribution in [2.45, 2.75) is 32.0 Å². The van der Waals surface area contributed by atoms with Crippen molar-refractivity contribution in [3.05, 3.63) is 51.8 Å². The van der Waals surface area contributed by atoms with Crippen LogP contribution in [0, 0.1) is 10.1 Å². The van der Waals surface area contributed by atoms with Crippen LogP contribution >= 0.6 is 0 Å². The van der Waals surface area contributed by atoms with Gasteiger partial charge in [0.1, 0.15) is 0 Å². The standard InChI is InChI=1S/C17H18FNO7/c1-3-24-15(20)14-9-12(10-17(18,26-14)16(21)25-4-2)11-5-7-13(8-6-11)19(22)23/h5-9,12H,3-4,10H2,1-2H3. The van der Waals surface area contributed by atoms with Crippen LogP contribution in [0.1, 0.15) is 31.7 Å². The van der Waals surface area contributed by atoms with Gasteiger partial charge in [-0.25, -0.2) is 9.59 Å². The van der Waals surface area contributed by atoms with Crippen LogP contribution in [0.25, 0.3) is 0 Å². The topological polar surface area (TPSA) is 105 Å². The van der Waals surface area contributed by atoms with Gasteiger partial charge in [-0.3, -0.25) is 10.1 Å². The summed E-state index contributed by atoms with van der Waals surface area (Å²) in [5.74, 6) is -6.21. The summed E-state index contributed by atoms with van der Waals surface area (Å²) >= 11 is 0. The summed E-state index contributed by atoms with van der Waals surface area (Å²) in [7, 11) is 0. The van der Waals surface area contributed by atoms with Gasteiger partial charge in [0.2, 0.25) is 5.76 Å². The van der Waals surface area contributed by atoms with Crippen molar-refractivity contribution < 1.29 is 33.1 Å². The van der Waals surface area contributed by atoms with Crippen LogP contribution in [-0.4, -0.2) is 35.9 Å². The van der Waals surface area contributed by atoms with E-state index in [0.29, 0.717) is 5.56 Å². The van der Waals surface area contributed by atoms with E-state index in [0.717, 1.165) is 0 Å². The van der Waals surface area contributed by atoms with Crippen LogP contribution in [0.2, 0.25) is 0 Å². The molecule has 0 aliphatic carbocycles. The molecule has 0 saturated carbocycles. The van der Waals surface area contributed by atoms with Crippen molar-refractivity contribution in [3.8, 4) is 0 Å². The number of carbonyl (C=O) groups is 2. The quantitative estimate of drug-likeness (QED) is 0.432. The molecule has 1 aliphatic heterocycles. The number of non-ortho nitro benzene ring substituents is 1. The van der Waals surface area contributed by atoms with Crippen molar-refractivity contribution in [2.24, 2.45) is 0 Å². The van der Waals surface area contributed by atoms with E-state index >= 15 is 4.39 Å². The molecule has 1 heterocycles.